The van der Waals surface area contributed by atoms with Crippen molar-refractivity contribution in [2.45, 2.75) is 0 Å². The second-order valence-electron chi connectivity index (χ2n) is 4.01. The van der Waals surface area contributed by atoms with Crippen LogP contribution in [0.2, 0.25) is 0 Å². The fourth-order valence-corrected chi connectivity index (χ4v) is 1.79. The fourth-order valence-electron chi connectivity index (χ4n) is 1.79. The van der Waals surface area contributed by atoms with Gasteiger partial charge in [0.15, 0.2) is 12.4 Å². The standard InChI is InChI=1S/C11H13N3O4/c15-13-4-2-11(14(16)17)10(9-13)1-3-12-5-7-18-8-6-12/h1-4,9H,5-8H2/p+1. The molecule has 2 rings (SSSR count). The van der Waals surface area contributed by atoms with Gasteiger partial charge in [0.25, 0.3) is 5.69 Å². The average Bonchev–Trinajstić information content (AvgIpc) is 2.37. The number of nitrogens with zero attached hydrogens (tertiary/aromatic N) is 2. The Morgan fingerprint density at radius 1 is 1.44 bits per heavy atom. The second kappa shape index (κ2) is 5.56. The van der Waals surface area contributed by atoms with Crippen LogP contribution in [0, 0.1) is 15.3 Å². The zero-order chi connectivity index (χ0) is 13.0. The molecule has 7 nitrogen and oxygen atoms in total. The molecule has 0 amide bonds. The van der Waals surface area contributed by atoms with Crippen LogP contribution in [0.25, 0.3) is 6.08 Å². The van der Waals surface area contributed by atoms with Crippen molar-refractivity contribution in [3.63, 3.8) is 0 Å². The van der Waals surface area contributed by atoms with Gasteiger partial charge in [-0.25, -0.2) is 0 Å². The highest BCUT2D eigenvalue weighted by Crippen LogP contribution is 2.16. The van der Waals surface area contributed by atoms with Gasteiger partial charge in [-0.3, -0.25) is 10.1 Å². The number of hydrogen-bond donors (Lipinski definition) is 1. The normalized spacial score (nSPS) is 17.1. The lowest BCUT2D eigenvalue weighted by Gasteiger charge is -2.19. The van der Waals surface area contributed by atoms with E-state index in [-0.39, 0.29) is 5.69 Å². The zero-order valence-electron chi connectivity index (χ0n) is 9.74. The first-order valence-corrected chi connectivity index (χ1v) is 5.64. The lowest BCUT2D eigenvalue weighted by atomic mass is 10.2. The second-order valence-corrected chi connectivity index (χ2v) is 4.01. The minimum Gasteiger partial charge on any atom is -0.619 e. The Hall–Kier alpha value is -1.99. The molecule has 1 aliphatic rings. The van der Waals surface area contributed by atoms with Crippen LogP contribution in [0.4, 0.5) is 5.69 Å². The highest BCUT2D eigenvalue weighted by Gasteiger charge is 2.16. The van der Waals surface area contributed by atoms with E-state index in [4.69, 9.17) is 4.74 Å². The van der Waals surface area contributed by atoms with Crippen molar-refractivity contribution in [2.75, 3.05) is 26.3 Å². The van der Waals surface area contributed by atoms with Gasteiger partial charge in [-0.2, -0.15) is 4.73 Å². The van der Waals surface area contributed by atoms with Gasteiger partial charge in [-0.05, 0) is 0 Å². The Labute approximate surface area is 104 Å². The topological polar surface area (TPSA) is 83.8 Å². The maximum atomic E-state index is 11.1. The van der Waals surface area contributed by atoms with Crippen LogP contribution < -0.4 is 9.63 Å². The van der Waals surface area contributed by atoms with Crippen LogP contribution in [-0.2, 0) is 4.74 Å². The summed E-state index contributed by atoms with van der Waals surface area (Å²) in [5.41, 5.74) is 0.252. The van der Waals surface area contributed by atoms with Gasteiger partial charge in [0.05, 0.1) is 30.4 Å². The monoisotopic (exact) mass is 252 g/mol. The predicted molar refractivity (Wildman–Crippen MR) is 62.6 cm³/mol. The molecule has 0 atom stereocenters. The summed E-state index contributed by atoms with van der Waals surface area (Å²) in [6.45, 7) is 3.01. The molecule has 1 saturated heterocycles. The Bertz CT molecular complexity index is 469. The summed E-state index contributed by atoms with van der Waals surface area (Å²) in [4.78, 5) is 11.5. The Kier molecular flexibility index (Phi) is 3.85. The molecule has 0 spiro atoms. The van der Waals surface area contributed by atoms with E-state index >= 15 is 0 Å². The molecular formula is C11H14N3O4+. The molecule has 96 valence electrons. The Morgan fingerprint density at radius 2 is 2.17 bits per heavy atom. The van der Waals surface area contributed by atoms with Gasteiger partial charge in [-0.15, -0.1) is 0 Å². The molecule has 1 aromatic rings. The summed E-state index contributed by atoms with van der Waals surface area (Å²) in [6, 6.07) is 1.21. The van der Waals surface area contributed by atoms with E-state index in [9.17, 15) is 15.3 Å². The molecule has 18 heavy (non-hydrogen) atoms. The van der Waals surface area contributed by atoms with Gasteiger partial charge >= 0.3 is 0 Å². The number of nitrogens with one attached hydrogen (secondary N) is 1. The molecule has 0 unspecified atom stereocenters. The molecule has 0 radical (unpaired) electrons. The van der Waals surface area contributed by atoms with E-state index in [2.05, 4.69) is 0 Å². The van der Waals surface area contributed by atoms with Crippen molar-refractivity contribution >= 4 is 11.8 Å². The van der Waals surface area contributed by atoms with E-state index in [0.717, 1.165) is 19.3 Å². The maximum Gasteiger partial charge on any atom is 0.288 e. The molecule has 0 aliphatic carbocycles. The van der Waals surface area contributed by atoms with Crippen molar-refractivity contribution in [3.8, 4) is 0 Å². The number of rotatable bonds is 3. The third kappa shape index (κ3) is 3.02. The first kappa shape index (κ1) is 12.5. The largest absolute Gasteiger partial charge is 0.619 e. The van der Waals surface area contributed by atoms with Gasteiger partial charge in [0, 0.05) is 6.08 Å². The predicted octanol–water partition coefficient (Wildman–Crippen LogP) is -0.886. The summed E-state index contributed by atoms with van der Waals surface area (Å²) in [5.74, 6) is 0. The molecule has 2 heterocycles. The van der Waals surface area contributed by atoms with Crippen molar-refractivity contribution in [1.29, 1.82) is 0 Å². The number of morpholine rings is 1. The molecule has 7 heteroatoms. The fraction of sp³-hybridized carbons (Fsp3) is 0.364. The van der Waals surface area contributed by atoms with Crippen molar-refractivity contribution in [3.05, 3.63) is 45.5 Å². The average molecular weight is 252 g/mol. The third-order valence-corrected chi connectivity index (χ3v) is 2.77. The van der Waals surface area contributed by atoms with Gasteiger partial charge < -0.3 is 14.8 Å². The minimum absolute atomic E-state index is 0.0639. The van der Waals surface area contributed by atoms with E-state index < -0.39 is 4.92 Å². The lowest BCUT2D eigenvalue weighted by Crippen LogP contribution is -3.09. The van der Waals surface area contributed by atoms with Gasteiger partial charge in [0.2, 0.25) is 0 Å². The number of ether oxygens (including phenoxy) is 1. The van der Waals surface area contributed by atoms with Crippen LogP contribution in [0.5, 0.6) is 0 Å². The highest BCUT2D eigenvalue weighted by atomic mass is 16.6. The summed E-state index contributed by atoms with van der Waals surface area (Å²) in [5, 5.41) is 22.0. The van der Waals surface area contributed by atoms with Crippen LogP contribution in [-0.4, -0.2) is 31.2 Å². The summed E-state index contributed by atoms with van der Waals surface area (Å²) < 4.78 is 5.77. The van der Waals surface area contributed by atoms with Crippen LogP contribution in [0.3, 0.4) is 0 Å². The molecule has 0 bridgehead atoms. The smallest absolute Gasteiger partial charge is 0.288 e. The minimum atomic E-state index is -0.492. The number of hydrogen-bond acceptors (Lipinski definition) is 4. The highest BCUT2D eigenvalue weighted by molar-refractivity contribution is 5.57. The third-order valence-electron chi connectivity index (χ3n) is 2.77. The van der Waals surface area contributed by atoms with E-state index in [1.54, 1.807) is 6.08 Å². The SMILES string of the molecule is O=[N+]([O-])c1cc[n+]([O-])cc1C=C[NH+]1CCOCC1. The first-order valence-electron chi connectivity index (χ1n) is 5.64. The summed E-state index contributed by atoms with van der Waals surface area (Å²) in [7, 11) is 0. The lowest BCUT2D eigenvalue weighted by molar-refractivity contribution is -0.855. The molecule has 1 aromatic heterocycles. The van der Waals surface area contributed by atoms with Gasteiger partial charge in [0.1, 0.15) is 18.7 Å². The number of nitro groups is 1. The van der Waals surface area contributed by atoms with Gasteiger partial charge in [-0.1, -0.05) is 0 Å². The summed E-state index contributed by atoms with van der Waals surface area (Å²) in [6.07, 6.45) is 5.78. The van der Waals surface area contributed by atoms with E-state index in [1.165, 1.54) is 17.2 Å². The van der Waals surface area contributed by atoms with Crippen LogP contribution >= 0.6 is 0 Å². The Morgan fingerprint density at radius 3 is 2.83 bits per heavy atom. The number of aromatic nitrogens is 1. The maximum absolute atomic E-state index is 11.1. The molecule has 1 aliphatic heterocycles. The van der Waals surface area contributed by atoms with Crippen molar-refractivity contribution in [2.24, 2.45) is 0 Å². The quantitative estimate of drug-likeness (QED) is 0.327. The van der Waals surface area contributed by atoms with E-state index in [1.807, 2.05) is 6.20 Å². The van der Waals surface area contributed by atoms with Crippen molar-refractivity contribution < 1.29 is 19.3 Å². The number of quaternary nitrogens is 1. The van der Waals surface area contributed by atoms with Crippen molar-refractivity contribution in [1.82, 2.24) is 0 Å². The Balaban J connectivity index is 2.18. The van der Waals surface area contributed by atoms with Crippen LogP contribution in [0.15, 0.2) is 24.7 Å². The van der Waals surface area contributed by atoms with E-state index in [0.29, 0.717) is 23.5 Å². The molecule has 0 aromatic carbocycles. The summed E-state index contributed by atoms with van der Waals surface area (Å²) >= 11 is 0. The first-order chi connectivity index (χ1) is 8.66. The molecule has 0 saturated carbocycles. The molecule has 1 fully saturated rings. The molecule has 1 N–H and O–H groups in total. The zero-order valence-corrected chi connectivity index (χ0v) is 9.74. The van der Waals surface area contributed by atoms with Crippen LogP contribution in [0.1, 0.15) is 5.56 Å². The molecular weight excluding hydrogens is 238 g/mol. The number of pyridine rings is 1.